The Morgan fingerprint density at radius 1 is 1.14 bits per heavy atom. The summed E-state index contributed by atoms with van der Waals surface area (Å²) in [6, 6.07) is 6.00. The third-order valence-corrected chi connectivity index (χ3v) is 2.62. The lowest BCUT2D eigenvalue weighted by atomic mass is 10.1. The molecule has 0 bridgehead atoms. The zero-order chi connectivity index (χ0) is 15.6. The number of nitrogens with zero attached hydrogens (tertiary/aromatic N) is 1. The van der Waals surface area contributed by atoms with E-state index in [4.69, 9.17) is 4.84 Å². The highest BCUT2D eigenvalue weighted by Gasteiger charge is 2.39. The summed E-state index contributed by atoms with van der Waals surface area (Å²) in [6.07, 6.45) is -4.99. The van der Waals surface area contributed by atoms with Crippen LogP contribution in [-0.2, 0) is 9.63 Å². The smallest absolute Gasteiger partial charge is 0.346 e. The highest BCUT2D eigenvalue weighted by molar-refractivity contribution is 6.20. The molecule has 2 rings (SSSR count). The third-order valence-electron chi connectivity index (χ3n) is 2.62. The maximum Gasteiger partial charge on any atom is 0.471 e. The predicted molar refractivity (Wildman–Crippen MR) is 62.0 cm³/mol. The maximum atomic E-state index is 11.9. The molecule has 0 spiro atoms. The largest absolute Gasteiger partial charge is 0.471 e. The molecule has 21 heavy (non-hydrogen) atoms. The fourth-order valence-corrected chi connectivity index (χ4v) is 1.69. The second-order valence-electron chi connectivity index (χ2n) is 4.04. The van der Waals surface area contributed by atoms with Gasteiger partial charge < -0.3 is 5.32 Å². The number of carbonyl (C=O) groups is 3. The van der Waals surface area contributed by atoms with Gasteiger partial charge in [-0.15, -0.1) is 5.06 Å². The van der Waals surface area contributed by atoms with Crippen LogP contribution in [0.25, 0.3) is 0 Å². The van der Waals surface area contributed by atoms with Gasteiger partial charge in [-0.3, -0.25) is 19.2 Å². The van der Waals surface area contributed by atoms with Crippen LogP contribution in [0.4, 0.5) is 13.2 Å². The Bertz CT molecular complexity index is 565. The Labute approximate surface area is 116 Å². The molecule has 3 amide bonds. The topological polar surface area (TPSA) is 75.7 Å². The Balaban J connectivity index is 1.88. The van der Waals surface area contributed by atoms with Gasteiger partial charge in [0.15, 0.2) is 0 Å². The van der Waals surface area contributed by atoms with Crippen molar-refractivity contribution in [1.82, 2.24) is 10.4 Å². The Morgan fingerprint density at radius 3 is 2.14 bits per heavy atom. The number of hydrogen-bond acceptors (Lipinski definition) is 4. The molecule has 1 aromatic rings. The average Bonchev–Trinajstić information content (AvgIpc) is 2.67. The summed E-state index contributed by atoms with van der Waals surface area (Å²) < 4.78 is 35.7. The maximum absolute atomic E-state index is 11.9. The molecule has 112 valence electrons. The molecule has 0 unspecified atom stereocenters. The molecular weight excluding hydrogens is 293 g/mol. The number of carbonyl (C=O) groups excluding carboxylic acids is 3. The van der Waals surface area contributed by atoms with Crippen molar-refractivity contribution in [2.45, 2.75) is 6.18 Å². The molecule has 0 saturated carbocycles. The van der Waals surface area contributed by atoms with Gasteiger partial charge in [0.05, 0.1) is 17.7 Å². The minimum atomic E-state index is -4.99. The first kappa shape index (κ1) is 15.0. The number of imide groups is 1. The normalized spacial score (nSPS) is 14.3. The van der Waals surface area contributed by atoms with E-state index in [9.17, 15) is 27.6 Å². The van der Waals surface area contributed by atoms with Crippen LogP contribution < -0.4 is 5.32 Å². The van der Waals surface area contributed by atoms with Gasteiger partial charge in [0, 0.05) is 6.54 Å². The van der Waals surface area contributed by atoms with Crippen molar-refractivity contribution in [3.63, 3.8) is 0 Å². The number of rotatable bonds is 4. The lowest BCUT2D eigenvalue weighted by Crippen LogP contribution is -2.40. The van der Waals surface area contributed by atoms with Gasteiger partial charge in [0.25, 0.3) is 11.8 Å². The van der Waals surface area contributed by atoms with Gasteiger partial charge in [0.1, 0.15) is 0 Å². The SMILES string of the molecule is O=C1c2ccccc2C(=O)N1OCCNC(=O)C(F)(F)F. The fourth-order valence-electron chi connectivity index (χ4n) is 1.69. The summed E-state index contributed by atoms with van der Waals surface area (Å²) in [7, 11) is 0. The monoisotopic (exact) mass is 302 g/mol. The quantitative estimate of drug-likeness (QED) is 0.662. The first-order chi connectivity index (χ1) is 9.82. The summed E-state index contributed by atoms with van der Waals surface area (Å²) in [5, 5.41) is 2.02. The van der Waals surface area contributed by atoms with Crippen molar-refractivity contribution in [3.05, 3.63) is 35.4 Å². The van der Waals surface area contributed by atoms with E-state index in [1.165, 1.54) is 12.1 Å². The summed E-state index contributed by atoms with van der Waals surface area (Å²) in [6.45, 7) is -0.945. The number of amides is 3. The number of hydroxylamine groups is 2. The van der Waals surface area contributed by atoms with Gasteiger partial charge in [-0.25, -0.2) is 0 Å². The molecule has 1 heterocycles. The second-order valence-corrected chi connectivity index (χ2v) is 4.04. The van der Waals surface area contributed by atoms with Gasteiger partial charge >= 0.3 is 12.1 Å². The van der Waals surface area contributed by atoms with E-state index in [1.54, 1.807) is 17.4 Å². The van der Waals surface area contributed by atoms with Crippen molar-refractivity contribution in [2.24, 2.45) is 0 Å². The van der Waals surface area contributed by atoms with Crippen molar-refractivity contribution < 1.29 is 32.4 Å². The van der Waals surface area contributed by atoms with Crippen LogP contribution >= 0.6 is 0 Å². The van der Waals surface area contributed by atoms with E-state index >= 15 is 0 Å². The highest BCUT2D eigenvalue weighted by Crippen LogP contribution is 2.22. The van der Waals surface area contributed by atoms with Crippen LogP contribution in [0.15, 0.2) is 24.3 Å². The number of alkyl halides is 3. The molecule has 0 saturated heterocycles. The Hall–Kier alpha value is -2.42. The number of hydrogen-bond donors (Lipinski definition) is 1. The molecule has 0 aromatic heterocycles. The van der Waals surface area contributed by atoms with E-state index in [0.29, 0.717) is 5.06 Å². The summed E-state index contributed by atoms with van der Waals surface area (Å²) in [5.41, 5.74) is 0.309. The molecule has 0 radical (unpaired) electrons. The van der Waals surface area contributed by atoms with Crippen LogP contribution in [0.2, 0.25) is 0 Å². The van der Waals surface area contributed by atoms with E-state index in [2.05, 4.69) is 0 Å². The van der Waals surface area contributed by atoms with E-state index in [0.717, 1.165) is 0 Å². The van der Waals surface area contributed by atoms with Crippen LogP contribution in [0.3, 0.4) is 0 Å². The molecule has 1 aromatic carbocycles. The van der Waals surface area contributed by atoms with Gasteiger partial charge in [-0.1, -0.05) is 12.1 Å². The lowest BCUT2D eigenvalue weighted by molar-refractivity contribution is -0.174. The van der Waals surface area contributed by atoms with Gasteiger partial charge in [-0.2, -0.15) is 13.2 Å². The number of halogens is 3. The van der Waals surface area contributed by atoms with E-state index in [-0.39, 0.29) is 11.1 Å². The fraction of sp³-hybridized carbons (Fsp3) is 0.250. The van der Waals surface area contributed by atoms with Crippen molar-refractivity contribution in [2.75, 3.05) is 13.2 Å². The lowest BCUT2D eigenvalue weighted by Gasteiger charge is -2.14. The minimum Gasteiger partial charge on any atom is -0.346 e. The summed E-state index contributed by atoms with van der Waals surface area (Å²) in [5.74, 6) is -3.51. The van der Waals surface area contributed by atoms with E-state index in [1.807, 2.05) is 0 Å². The average molecular weight is 302 g/mol. The number of nitrogens with one attached hydrogen (secondary N) is 1. The second kappa shape index (κ2) is 5.52. The first-order valence-electron chi connectivity index (χ1n) is 5.78. The first-order valence-corrected chi connectivity index (χ1v) is 5.78. The number of fused-ring (bicyclic) bond motifs is 1. The molecule has 0 atom stereocenters. The zero-order valence-electron chi connectivity index (χ0n) is 10.4. The van der Waals surface area contributed by atoms with Gasteiger partial charge in [-0.05, 0) is 12.1 Å². The van der Waals surface area contributed by atoms with Crippen LogP contribution in [-0.4, -0.2) is 42.1 Å². The zero-order valence-corrected chi connectivity index (χ0v) is 10.4. The molecule has 6 nitrogen and oxygen atoms in total. The minimum absolute atomic E-state index is 0.154. The Morgan fingerprint density at radius 2 is 1.67 bits per heavy atom. The Kier molecular flexibility index (Phi) is 3.94. The molecule has 1 aliphatic heterocycles. The van der Waals surface area contributed by atoms with Crippen molar-refractivity contribution in [3.8, 4) is 0 Å². The molecule has 0 aliphatic carbocycles. The standard InChI is InChI=1S/C12H9F3N2O4/c13-12(14,15)11(20)16-5-6-21-17-9(18)7-3-1-2-4-8(7)10(17)19/h1-4H,5-6H2,(H,16,20). The summed E-state index contributed by atoms with van der Waals surface area (Å²) in [4.78, 5) is 39.0. The van der Waals surface area contributed by atoms with Crippen LogP contribution in [0.1, 0.15) is 20.7 Å². The molecule has 0 fully saturated rings. The molecule has 9 heteroatoms. The molecule has 1 N–H and O–H groups in total. The molecular formula is C12H9F3N2O4. The highest BCUT2D eigenvalue weighted by atomic mass is 19.4. The summed E-state index contributed by atoms with van der Waals surface area (Å²) >= 11 is 0. The van der Waals surface area contributed by atoms with Crippen LogP contribution in [0, 0.1) is 0 Å². The third kappa shape index (κ3) is 3.02. The molecule has 1 aliphatic rings. The van der Waals surface area contributed by atoms with Crippen molar-refractivity contribution >= 4 is 17.7 Å². The number of benzene rings is 1. The van der Waals surface area contributed by atoms with Crippen molar-refractivity contribution in [1.29, 1.82) is 0 Å². The van der Waals surface area contributed by atoms with Gasteiger partial charge in [0.2, 0.25) is 0 Å². The predicted octanol–water partition coefficient (Wildman–Crippen LogP) is 0.893. The van der Waals surface area contributed by atoms with Crippen LogP contribution in [0.5, 0.6) is 0 Å². The van der Waals surface area contributed by atoms with E-state index < -0.39 is 37.0 Å².